The molecular formula is C20H20FN3O3. The topological polar surface area (TPSA) is 77.1 Å². The van der Waals surface area contributed by atoms with E-state index in [0.29, 0.717) is 5.56 Å². The van der Waals surface area contributed by atoms with Crippen LogP contribution in [0.3, 0.4) is 0 Å². The quantitative estimate of drug-likeness (QED) is 0.750. The second-order valence-corrected chi connectivity index (χ2v) is 6.47. The van der Waals surface area contributed by atoms with Gasteiger partial charge in [0.25, 0.3) is 0 Å². The van der Waals surface area contributed by atoms with E-state index in [4.69, 9.17) is 4.42 Å². The second-order valence-electron chi connectivity index (χ2n) is 6.47. The predicted octanol–water partition coefficient (Wildman–Crippen LogP) is 3.14. The van der Waals surface area contributed by atoms with E-state index in [1.807, 2.05) is 39.0 Å². The Morgan fingerprint density at radius 3 is 2.56 bits per heavy atom. The molecule has 2 aromatic carbocycles. The van der Waals surface area contributed by atoms with Gasteiger partial charge in [0.2, 0.25) is 11.8 Å². The van der Waals surface area contributed by atoms with Gasteiger partial charge in [-0.25, -0.2) is 9.18 Å². The van der Waals surface area contributed by atoms with Crippen molar-refractivity contribution in [3.8, 4) is 11.5 Å². The number of halogens is 1. The number of amides is 1. The minimum Gasteiger partial charge on any atom is -0.388 e. The third-order valence-electron chi connectivity index (χ3n) is 4.40. The molecule has 1 amide bonds. The third-order valence-corrected chi connectivity index (χ3v) is 4.40. The van der Waals surface area contributed by atoms with Gasteiger partial charge in [-0.2, -0.15) is 4.68 Å². The van der Waals surface area contributed by atoms with E-state index >= 15 is 0 Å². The zero-order valence-corrected chi connectivity index (χ0v) is 15.3. The highest BCUT2D eigenvalue weighted by atomic mass is 19.1. The Hall–Kier alpha value is -3.22. The average molecular weight is 369 g/mol. The molecule has 0 fully saturated rings. The Bertz CT molecular complexity index is 1020. The molecule has 3 aromatic rings. The number of aryl methyl sites for hydroxylation is 2. The van der Waals surface area contributed by atoms with Gasteiger partial charge in [0.05, 0.1) is 6.04 Å². The van der Waals surface area contributed by atoms with Crippen LogP contribution in [0.1, 0.15) is 29.7 Å². The molecule has 0 saturated heterocycles. The zero-order chi connectivity index (χ0) is 19.6. The Balaban J connectivity index is 1.69. The Morgan fingerprint density at radius 2 is 1.89 bits per heavy atom. The van der Waals surface area contributed by atoms with E-state index in [2.05, 4.69) is 10.4 Å². The van der Waals surface area contributed by atoms with Gasteiger partial charge < -0.3 is 9.73 Å². The van der Waals surface area contributed by atoms with E-state index in [0.717, 1.165) is 15.8 Å². The van der Waals surface area contributed by atoms with Gasteiger partial charge in [-0.15, -0.1) is 5.10 Å². The molecular weight excluding hydrogens is 349 g/mol. The van der Waals surface area contributed by atoms with E-state index in [1.165, 1.54) is 29.8 Å². The van der Waals surface area contributed by atoms with E-state index in [1.54, 1.807) is 0 Å². The first-order valence-electron chi connectivity index (χ1n) is 8.54. The van der Waals surface area contributed by atoms with Crippen LogP contribution in [0.4, 0.5) is 4.39 Å². The molecule has 0 aliphatic carbocycles. The SMILES string of the molecule is Cc1ccc(C(C)NC(=O)Cn2nc(-c3ccc(F)cc3)oc2=O)cc1C. The normalized spacial score (nSPS) is 12.0. The third kappa shape index (κ3) is 4.31. The molecule has 6 nitrogen and oxygen atoms in total. The van der Waals surface area contributed by atoms with Crippen molar-refractivity contribution in [3.63, 3.8) is 0 Å². The highest BCUT2D eigenvalue weighted by molar-refractivity contribution is 5.76. The first-order valence-corrected chi connectivity index (χ1v) is 8.54. The van der Waals surface area contributed by atoms with Crippen LogP contribution in [-0.2, 0) is 11.3 Å². The van der Waals surface area contributed by atoms with Crippen LogP contribution in [-0.4, -0.2) is 15.7 Å². The van der Waals surface area contributed by atoms with Crippen LogP contribution in [0.25, 0.3) is 11.5 Å². The van der Waals surface area contributed by atoms with E-state index in [9.17, 15) is 14.0 Å². The van der Waals surface area contributed by atoms with Gasteiger partial charge in [0.15, 0.2) is 0 Å². The van der Waals surface area contributed by atoms with Gasteiger partial charge in [-0.05, 0) is 61.7 Å². The minimum absolute atomic E-state index is 0.0370. The molecule has 0 bridgehead atoms. The number of carbonyl (C=O) groups excluding carboxylic acids is 1. The molecule has 1 aromatic heterocycles. The summed E-state index contributed by atoms with van der Waals surface area (Å²) in [7, 11) is 0. The van der Waals surface area contributed by atoms with Crippen LogP contribution in [0.5, 0.6) is 0 Å². The summed E-state index contributed by atoms with van der Waals surface area (Å²) in [5.74, 6) is -1.47. The molecule has 1 unspecified atom stereocenters. The Kier molecular flexibility index (Phi) is 5.21. The molecule has 7 heteroatoms. The highest BCUT2D eigenvalue weighted by Gasteiger charge is 2.15. The van der Waals surface area contributed by atoms with Crippen molar-refractivity contribution in [1.82, 2.24) is 15.1 Å². The molecule has 0 spiro atoms. The van der Waals surface area contributed by atoms with Crippen molar-refractivity contribution in [3.05, 3.63) is 75.5 Å². The van der Waals surface area contributed by atoms with Crippen molar-refractivity contribution >= 4 is 5.91 Å². The van der Waals surface area contributed by atoms with Gasteiger partial charge in [0, 0.05) is 5.56 Å². The standard InChI is InChI=1S/C20H20FN3O3/c1-12-4-5-16(10-13(12)2)14(3)22-18(25)11-24-20(26)27-19(23-24)15-6-8-17(21)9-7-15/h4-10,14H,11H2,1-3H3,(H,22,25). The van der Waals surface area contributed by atoms with Gasteiger partial charge in [-0.1, -0.05) is 18.2 Å². The molecule has 1 atom stereocenters. The first-order chi connectivity index (χ1) is 12.8. The lowest BCUT2D eigenvalue weighted by Gasteiger charge is -2.15. The van der Waals surface area contributed by atoms with Crippen molar-refractivity contribution in [2.45, 2.75) is 33.4 Å². The number of hydrogen-bond acceptors (Lipinski definition) is 4. The minimum atomic E-state index is -0.747. The monoisotopic (exact) mass is 369 g/mol. The number of rotatable bonds is 5. The fourth-order valence-electron chi connectivity index (χ4n) is 2.66. The smallest absolute Gasteiger partial charge is 0.388 e. The maximum Gasteiger partial charge on any atom is 0.437 e. The Labute approximate surface area is 155 Å². The average Bonchev–Trinajstić information content (AvgIpc) is 2.98. The van der Waals surface area contributed by atoms with Gasteiger partial charge in [-0.3, -0.25) is 4.79 Å². The summed E-state index contributed by atoms with van der Waals surface area (Å²) in [6.45, 7) is 5.65. The fourth-order valence-corrected chi connectivity index (χ4v) is 2.66. The zero-order valence-electron chi connectivity index (χ0n) is 15.3. The van der Waals surface area contributed by atoms with Crippen LogP contribution in [0.2, 0.25) is 0 Å². The summed E-state index contributed by atoms with van der Waals surface area (Å²) in [4.78, 5) is 24.2. The molecule has 0 radical (unpaired) electrons. The van der Waals surface area contributed by atoms with Gasteiger partial charge in [0.1, 0.15) is 12.4 Å². The maximum atomic E-state index is 13.0. The fraction of sp³-hybridized carbons (Fsp3) is 0.250. The second kappa shape index (κ2) is 7.57. The van der Waals surface area contributed by atoms with E-state index < -0.39 is 11.6 Å². The Morgan fingerprint density at radius 1 is 1.19 bits per heavy atom. The number of carbonyl (C=O) groups is 1. The number of benzene rings is 2. The highest BCUT2D eigenvalue weighted by Crippen LogP contribution is 2.17. The lowest BCUT2D eigenvalue weighted by Crippen LogP contribution is -2.33. The number of hydrogen-bond donors (Lipinski definition) is 1. The molecule has 0 aliphatic rings. The first kappa shape index (κ1) is 18.6. The van der Waals surface area contributed by atoms with Crippen LogP contribution in [0.15, 0.2) is 51.7 Å². The lowest BCUT2D eigenvalue weighted by molar-refractivity contribution is -0.122. The van der Waals surface area contributed by atoms with E-state index in [-0.39, 0.29) is 24.4 Å². The molecule has 3 rings (SSSR count). The molecule has 140 valence electrons. The van der Waals surface area contributed by atoms with Crippen molar-refractivity contribution in [2.75, 3.05) is 0 Å². The van der Waals surface area contributed by atoms with Crippen LogP contribution >= 0.6 is 0 Å². The number of aromatic nitrogens is 2. The summed E-state index contributed by atoms with van der Waals surface area (Å²) in [5.41, 5.74) is 3.76. The summed E-state index contributed by atoms with van der Waals surface area (Å²) in [6, 6.07) is 11.2. The number of nitrogens with one attached hydrogen (secondary N) is 1. The van der Waals surface area contributed by atoms with Crippen molar-refractivity contribution < 1.29 is 13.6 Å². The summed E-state index contributed by atoms with van der Waals surface area (Å²) < 4.78 is 19.0. The molecule has 27 heavy (non-hydrogen) atoms. The van der Waals surface area contributed by atoms with Gasteiger partial charge >= 0.3 is 5.76 Å². The molecule has 0 aliphatic heterocycles. The number of nitrogens with zero attached hydrogens (tertiary/aromatic N) is 2. The summed E-state index contributed by atoms with van der Waals surface area (Å²) in [5, 5.41) is 6.85. The van der Waals surface area contributed by atoms with Crippen molar-refractivity contribution in [2.24, 2.45) is 0 Å². The largest absolute Gasteiger partial charge is 0.437 e. The summed E-state index contributed by atoms with van der Waals surface area (Å²) >= 11 is 0. The molecule has 0 saturated carbocycles. The lowest BCUT2D eigenvalue weighted by atomic mass is 10.0. The molecule has 1 heterocycles. The molecule has 1 N–H and O–H groups in total. The summed E-state index contributed by atoms with van der Waals surface area (Å²) in [6.07, 6.45) is 0. The van der Waals surface area contributed by atoms with Crippen molar-refractivity contribution in [1.29, 1.82) is 0 Å². The van der Waals surface area contributed by atoms with Crippen LogP contribution in [0, 0.1) is 19.7 Å². The predicted molar refractivity (Wildman–Crippen MR) is 98.6 cm³/mol. The van der Waals surface area contributed by atoms with Crippen LogP contribution < -0.4 is 11.1 Å². The maximum absolute atomic E-state index is 13.0.